The normalized spacial score (nSPS) is 12.2. The summed E-state index contributed by atoms with van der Waals surface area (Å²) in [6.07, 6.45) is 0. The maximum absolute atomic E-state index is 13.7. The first kappa shape index (κ1) is 15.3. The Morgan fingerprint density at radius 2 is 2.10 bits per heavy atom. The number of hydrogen-bond donors (Lipinski definition) is 1. The van der Waals surface area contributed by atoms with Crippen molar-refractivity contribution in [3.8, 4) is 5.75 Å². The SMILES string of the molecule is C[C@@H](N)c1cc(Br)ccc1OCc1c(F)cccc1Cl. The molecule has 0 saturated carbocycles. The van der Waals surface area contributed by atoms with Crippen molar-refractivity contribution in [2.24, 2.45) is 5.73 Å². The number of benzene rings is 2. The highest BCUT2D eigenvalue weighted by molar-refractivity contribution is 9.10. The third kappa shape index (κ3) is 3.51. The van der Waals surface area contributed by atoms with Crippen LogP contribution in [-0.2, 0) is 6.61 Å². The van der Waals surface area contributed by atoms with Gasteiger partial charge < -0.3 is 10.5 Å². The van der Waals surface area contributed by atoms with Gasteiger partial charge in [0.25, 0.3) is 0 Å². The molecule has 0 heterocycles. The fourth-order valence-corrected chi connectivity index (χ4v) is 2.42. The van der Waals surface area contributed by atoms with E-state index in [2.05, 4.69) is 15.9 Å². The van der Waals surface area contributed by atoms with Crippen molar-refractivity contribution < 1.29 is 9.13 Å². The Morgan fingerprint density at radius 3 is 2.75 bits per heavy atom. The minimum absolute atomic E-state index is 0.0624. The van der Waals surface area contributed by atoms with E-state index in [9.17, 15) is 4.39 Å². The molecule has 0 saturated heterocycles. The lowest BCUT2D eigenvalue weighted by Crippen LogP contribution is -2.08. The Labute approximate surface area is 130 Å². The third-order valence-electron chi connectivity index (χ3n) is 2.90. The Bertz CT molecular complexity index is 599. The second-order valence-electron chi connectivity index (χ2n) is 4.46. The Kier molecular flexibility index (Phi) is 5.02. The smallest absolute Gasteiger partial charge is 0.131 e. The lowest BCUT2D eigenvalue weighted by atomic mass is 10.1. The number of ether oxygens (including phenoxy) is 1. The summed E-state index contributed by atoms with van der Waals surface area (Å²) in [7, 11) is 0. The molecule has 0 fully saturated rings. The maximum atomic E-state index is 13.7. The highest BCUT2D eigenvalue weighted by atomic mass is 79.9. The average molecular weight is 359 g/mol. The summed E-state index contributed by atoms with van der Waals surface area (Å²) in [4.78, 5) is 0. The van der Waals surface area contributed by atoms with Crippen molar-refractivity contribution in [2.45, 2.75) is 19.6 Å². The van der Waals surface area contributed by atoms with Gasteiger partial charge in [-0.25, -0.2) is 4.39 Å². The van der Waals surface area contributed by atoms with Crippen LogP contribution in [0.5, 0.6) is 5.75 Å². The molecule has 0 aliphatic heterocycles. The second-order valence-corrected chi connectivity index (χ2v) is 5.78. The van der Waals surface area contributed by atoms with Gasteiger partial charge >= 0.3 is 0 Å². The van der Waals surface area contributed by atoms with Crippen LogP contribution in [-0.4, -0.2) is 0 Å². The van der Waals surface area contributed by atoms with E-state index in [0.717, 1.165) is 10.0 Å². The molecule has 0 aliphatic rings. The van der Waals surface area contributed by atoms with Crippen LogP contribution >= 0.6 is 27.5 Å². The minimum Gasteiger partial charge on any atom is -0.488 e. The van der Waals surface area contributed by atoms with Crippen molar-refractivity contribution in [2.75, 3.05) is 0 Å². The molecule has 2 N–H and O–H groups in total. The van der Waals surface area contributed by atoms with E-state index in [1.54, 1.807) is 18.2 Å². The fraction of sp³-hybridized carbons (Fsp3) is 0.200. The molecule has 0 radical (unpaired) electrons. The molecule has 0 amide bonds. The Hall–Kier alpha value is -1.10. The summed E-state index contributed by atoms with van der Waals surface area (Å²) >= 11 is 9.36. The zero-order valence-corrected chi connectivity index (χ0v) is 13.2. The standard InChI is InChI=1S/C15H14BrClFNO/c1-9(19)11-7-10(16)5-6-15(11)20-8-12-13(17)3-2-4-14(12)18/h2-7,9H,8,19H2,1H3/t9-/m1/s1. The molecule has 0 aromatic heterocycles. The Balaban J connectivity index is 2.23. The van der Waals surface area contributed by atoms with Crippen LogP contribution in [0.25, 0.3) is 0 Å². The van der Waals surface area contributed by atoms with Gasteiger partial charge in [0, 0.05) is 21.6 Å². The molecule has 2 aromatic rings. The van der Waals surface area contributed by atoms with Crippen LogP contribution in [0.15, 0.2) is 40.9 Å². The number of rotatable bonds is 4. The van der Waals surface area contributed by atoms with Crippen molar-refractivity contribution in [1.29, 1.82) is 0 Å². The summed E-state index contributed by atoms with van der Waals surface area (Å²) in [5, 5.41) is 0.351. The molecule has 5 heteroatoms. The monoisotopic (exact) mass is 357 g/mol. The van der Waals surface area contributed by atoms with Gasteiger partial charge in [0.15, 0.2) is 0 Å². The van der Waals surface area contributed by atoms with Crippen LogP contribution in [0.2, 0.25) is 5.02 Å². The highest BCUT2D eigenvalue weighted by Crippen LogP contribution is 2.29. The Morgan fingerprint density at radius 1 is 1.35 bits per heavy atom. The molecular weight excluding hydrogens is 345 g/mol. The van der Waals surface area contributed by atoms with E-state index in [4.69, 9.17) is 22.1 Å². The molecule has 0 spiro atoms. The largest absolute Gasteiger partial charge is 0.488 e. The van der Waals surface area contributed by atoms with E-state index in [1.165, 1.54) is 6.07 Å². The molecule has 0 aliphatic carbocycles. The first-order chi connectivity index (χ1) is 9.49. The molecular formula is C15H14BrClFNO. The van der Waals surface area contributed by atoms with Gasteiger partial charge in [0.1, 0.15) is 18.2 Å². The van der Waals surface area contributed by atoms with E-state index in [0.29, 0.717) is 16.3 Å². The van der Waals surface area contributed by atoms with Gasteiger partial charge in [-0.3, -0.25) is 0 Å². The van der Waals surface area contributed by atoms with E-state index in [-0.39, 0.29) is 18.5 Å². The summed E-state index contributed by atoms with van der Waals surface area (Å²) in [6, 6.07) is 9.92. The number of nitrogens with two attached hydrogens (primary N) is 1. The van der Waals surface area contributed by atoms with Gasteiger partial charge in [-0.05, 0) is 37.3 Å². The summed E-state index contributed by atoms with van der Waals surface area (Å²) in [5.41, 5.74) is 7.11. The van der Waals surface area contributed by atoms with Crippen LogP contribution in [0.1, 0.15) is 24.1 Å². The fourth-order valence-electron chi connectivity index (χ4n) is 1.83. The van der Waals surface area contributed by atoms with E-state index < -0.39 is 0 Å². The molecule has 0 bridgehead atoms. The van der Waals surface area contributed by atoms with Crippen LogP contribution < -0.4 is 10.5 Å². The molecule has 1 atom stereocenters. The van der Waals surface area contributed by atoms with Gasteiger partial charge in [0.2, 0.25) is 0 Å². The van der Waals surface area contributed by atoms with Crippen LogP contribution in [0.3, 0.4) is 0 Å². The van der Waals surface area contributed by atoms with Gasteiger partial charge in [0.05, 0.1) is 5.02 Å². The van der Waals surface area contributed by atoms with Gasteiger partial charge in [-0.15, -0.1) is 0 Å². The van der Waals surface area contributed by atoms with Crippen molar-refractivity contribution >= 4 is 27.5 Å². The zero-order valence-electron chi connectivity index (χ0n) is 10.9. The van der Waals surface area contributed by atoms with E-state index in [1.807, 2.05) is 19.1 Å². The average Bonchev–Trinajstić information content (AvgIpc) is 2.39. The topological polar surface area (TPSA) is 35.2 Å². The third-order valence-corrected chi connectivity index (χ3v) is 3.74. The minimum atomic E-state index is -0.378. The molecule has 20 heavy (non-hydrogen) atoms. The zero-order chi connectivity index (χ0) is 14.7. The molecule has 106 valence electrons. The number of hydrogen-bond acceptors (Lipinski definition) is 2. The molecule has 0 unspecified atom stereocenters. The van der Waals surface area contributed by atoms with Crippen molar-refractivity contribution in [3.63, 3.8) is 0 Å². The molecule has 2 aromatic carbocycles. The summed E-state index contributed by atoms with van der Waals surface area (Å²) in [5.74, 6) is 0.250. The summed E-state index contributed by atoms with van der Waals surface area (Å²) in [6.45, 7) is 1.93. The first-order valence-corrected chi connectivity index (χ1v) is 7.27. The van der Waals surface area contributed by atoms with Crippen LogP contribution in [0.4, 0.5) is 4.39 Å². The predicted octanol–water partition coefficient (Wildman–Crippen LogP) is 4.84. The quantitative estimate of drug-likeness (QED) is 0.848. The van der Waals surface area contributed by atoms with Gasteiger partial charge in [-0.1, -0.05) is 33.6 Å². The maximum Gasteiger partial charge on any atom is 0.131 e. The number of halogens is 3. The highest BCUT2D eigenvalue weighted by Gasteiger charge is 2.12. The molecule has 2 rings (SSSR count). The van der Waals surface area contributed by atoms with Gasteiger partial charge in [-0.2, -0.15) is 0 Å². The lowest BCUT2D eigenvalue weighted by molar-refractivity contribution is 0.295. The van der Waals surface area contributed by atoms with Crippen LogP contribution in [0, 0.1) is 5.82 Å². The summed E-state index contributed by atoms with van der Waals surface area (Å²) < 4.78 is 20.3. The second kappa shape index (κ2) is 6.57. The lowest BCUT2D eigenvalue weighted by Gasteiger charge is -2.15. The van der Waals surface area contributed by atoms with E-state index >= 15 is 0 Å². The van der Waals surface area contributed by atoms with Crippen molar-refractivity contribution in [3.05, 3.63) is 62.8 Å². The molecule has 2 nitrogen and oxygen atoms in total. The first-order valence-electron chi connectivity index (χ1n) is 6.09. The van der Waals surface area contributed by atoms with Crippen molar-refractivity contribution in [1.82, 2.24) is 0 Å². The predicted molar refractivity (Wildman–Crippen MR) is 82.5 cm³/mol.